The SMILES string of the molecule is CC1(N)CCCCC1C(=O)NCc1nc2ncc(Br)cc2[nH]1. The predicted molar refractivity (Wildman–Crippen MR) is 88.0 cm³/mol. The number of carbonyl (C=O) groups is 1. The minimum Gasteiger partial charge on any atom is -0.349 e. The van der Waals surface area contributed by atoms with E-state index >= 15 is 0 Å². The molecule has 6 nitrogen and oxygen atoms in total. The van der Waals surface area contributed by atoms with Gasteiger partial charge in [-0.3, -0.25) is 4.79 Å². The third-order valence-electron chi connectivity index (χ3n) is 4.35. The second-order valence-corrected chi connectivity index (χ2v) is 7.15. The zero-order valence-electron chi connectivity index (χ0n) is 12.5. The number of rotatable bonds is 3. The molecule has 118 valence electrons. The molecule has 1 aliphatic carbocycles. The Morgan fingerprint density at radius 1 is 1.59 bits per heavy atom. The number of fused-ring (bicyclic) bond motifs is 1. The highest BCUT2D eigenvalue weighted by molar-refractivity contribution is 9.10. The van der Waals surface area contributed by atoms with E-state index in [1.165, 1.54) is 0 Å². The molecule has 0 spiro atoms. The number of nitrogens with one attached hydrogen (secondary N) is 2. The maximum Gasteiger partial charge on any atom is 0.225 e. The Bertz CT molecular complexity index is 696. The molecule has 2 atom stereocenters. The van der Waals surface area contributed by atoms with Gasteiger partial charge in [-0.1, -0.05) is 12.8 Å². The second-order valence-electron chi connectivity index (χ2n) is 6.23. The van der Waals surface area contributed by atoms with Crippen LogP contribution in [0.15, 0.2) is 16.7 Å². The van der Waals surface area contributed by atoms with E-state index in [0.717, 1.165) is 35.7 Å². The van der Waals surface area contributed by atoms with Crippen LogP contribution in [0.3, 0.4) is 0 Å². The van der Waals surface area contributed by atoms with Crippen molar-refractivity contribution in [2.24, 2.45) is 11.7 Å². The zero-order valence-corrected chi connectivity index (χ0v) is 14.1. The number of nitrogens with two attached hydrogens (primary N) is 1. The molecule has 1 fully saturated rings. The van der Waals surface area contributed by atoms with E-state index in [2.05, 4.69) is 36.2 Å². The molecule has 22 heavy (non-hydrogen) atoms. The van der Waals surface area contributed by atoms with Gasteiger partial charge in [-0.25, -0.2) is 9.97 Å². The van der Waals surface area contributed by atoms with Gasteiger partial charge >= 0.3 is 0 Å². The Labute approximate surface area is 137 Å². The molecule has 2 aromatic rings. The molecular formula is C15H20BrN5O. The second kappa shape index (κ2) is 5.96. The van der Waals surface area contributed by atoms with Crippen molar-refractivity contribution in [2.45, 2.75) is 44.7 Å². The van der Waals surface area contributed by atoms with Crippen molar-refractivity contribution in [2.75, 3.05) is 0 Å². The summed E-state index contributed by atoms with van der Waals surface area (Å²) >= 11 is 3.37. The number of H-pyrrole nitrogens is 1. The van der Waals surface area contributed by atoms with Crippen LogP contribution in [0.5, 0.6) is 0 Å². The summed E-state index contributed by atoms with van der Waals surface area (Å²) < 4.78 is 0.889. The maximum atomic E-state index is 12.4. The van der Waals surface area contributed by atoms with Crippen molar-refractivity contribution < 1.29 is 4.79 Å². The average molecular weight is 366 g/mol. The van der Waals surface area contributed by atoms with Gasteiger partial charge in [0.05, 0.1) is 18.0 Å². The number of halogens is 1. The van der Waals surface area contributed by atoms with Gasteiger partial charge in [-0.15, -0.1) is 0 Å². The van der Waals surface area contributed by atoms with Crippen LogP contribution in [-0.2, 0) is 11.3 Å². The predicted octanol–water partition coefficient (Wildman–Crippen LogP) is 2.24. The minimum absolute atomic E-state index is 0.0132. The molecule has 0 bridgehead atoms. The summed E-state index contributed by atoms with van der Waals surface area (Å²) in [5, 5.41) is 2.95. The van der Waals surface area contributed by atoms with Crippen LogP contribution in [0.25, 0.3) is 11.2 Å². The molecule has 0 aliphatic heterocycles. The Hall–Kier alpha value is -1.47. The highest BCUT2D eigenvalue weighted by atomic mass is 79.9. The van der Waals surface area contributed by atoms with E-state index in [1.54, 1.807) is 6.20 Å². The zero-order chi connectivity index (χ0) is 15.7. The summed E-state index contributed by atoms with van der Waals surface area (Å²) in [7, 11) is 0. The standard InChI is InChI=1S/C15H20BrN5O/c1-15(17)5-3-2-4-10(15)14(22)19-8-12-20-11-6-9(16)7-18-13(11)21-12/h6-7,10H,2-5,8,17H2,1H3,(H,19,22)(H,18,20,21). The first-order chi connectivity index (χ1) is 10.5. The Kier molecular flexibility index (Phi) is 4.18. The van der Waals surface area contributed by atoms with E-state index in [-0.39, 0.29) is 11.8 Å². The number of pyridine rings is 1. The molecule has 1 aliphatic rings. The van der Waals surface area contributed by atoms with Crippen LogP contribution in [0.1, 0.15) is 38.4 Å². The van der Waals surface area contributed by atoms with Gasteiger partial charge in [0, 0.05) is 16.2 Å². The summed E-state index contributed by atoms with van der Waals surface area (Å²) in [5.41, 5.74) is 7.35. The molecule has 1 amide bonds. The number of imidazole rings is 1. The van der Waals surface area contributed by atoms with Crippen molar-refractivity contribution in [3.8, 4) is 0 Å². The van der Waals surface area contributed by atoms with E-state index < -0.39 is 5.54 Å². The third kappa shape index (κ3) is 3.15. The van der Waals surface area contributed by atoms with Gasteiger partial charge in [0.1, 0.15) is 5.82 Å². The van der Waals surface area contributed by atoms with Crippen molar-refractivity contribution in [1.29, 1.82) is 0 Å². The highest BCUT2D eigenvalue weighted by Crippen LogP contribution is 2.31. The largest absolute Gasteiger partial charge is 0.349 e. The summed E-state index contributed by atoms with van der Waals surface area (Å²) in [6, 6.07) is 1.92. The van der Waals surface area contributed by atoms with Gasteiger partial charge in [0.2, 0.25) is 5.91 Å². The molecule has 2 unspecified atom stereocenters. The van der Waals surface area contributed by atoms with Crippen LogP contribution in [0.2, 0.25) is 0 Å². The number of hydrogen-bond acceptors (Lipinski definition) is 4. The lowest BCUT2D eigenvalue weighted by Gasteiger charge is -2.37. The normalized spacial score (nSPS) is 25.3. The number of nitrogens with zero attached hydrogens (tertiary/aromatic N) is 2. The van der Waals surface area contributed by atoms with Gasteiger partial charge in [0.15, 0.2) is 5.65 Å². The topological polar surface area (TPSA) is 96.7 Å². The van der Waals surface area contributed by atoms with E-state index in [0.29, 0.717) is 18.0 Å². The molecule has 2 aromatic heterocycles. The van der Waals surface area contributed by atoms with Crippen molar-refractivity contribution in [3.63, 3.8) is 0 Å². The first-order valence-electron chi connectivity index (χ1n) is 7.52. The van der Waals surface area contributed by atoms with Crippen LogP contribution < -0.4 is 11.1 Å². The van der Waals surface area contributed by atoms with Crippen LogP contribution >= 0.6 is 15.9 Å². The summed E-state index contributed by atoms with van der Waals surface area (Å²) in [5.74, 6) is 0.584. The first kappa shape index (κ1) is 15.4. The summed E-state index contributed by atoms with van der Waals surface area (Å²) in [6.45, 7) is 2.33. The van der Waals surface area contributed by atoms with Gasteiger partial charge < -0.3 is 16.0 Å². The molecule has 7 heteroatoms. The average Bonchev–Trinajstić information content (AvgIpc) is 2.86. The van der Waals surface area contributed by atoms with Gasteiger partial charge in [-0.2, -0.15) is 0 Å². The first-order valence-corrected chi connectivity index (χ1v) is 8.32. The Balaban J connectivity index is 1.66. The van der Waals surface area contributed by atoms with E-state index in [9.17, 15) is 4.79 Å². The van der Waals surface area contributed by atoms with E-state index in [1.807, 2.05) is 13.0 Å². The number of hydrogen-bond donors (Lipinski definition) is 3. The number of aromatic nitrogens is 3. The van der Waals surface area contributed by atoms with Gasteiger partial charge in [0.25, 0.3) is 0 Å². The number of carbonyl (C=O) groups excluding carboxylic acids is 1. The fourth-order valence-electron chi connectivity index (χ4n) is 3.09. The molecule has 0 radical (unpaired) electrons. The fourth-order valence-corrected chi connectivity index (χ4v) is 3.42. The summed E-state index contributed by atoms with van der Waals surface area (Å²) in [4.78, 5) is 24.2. The van der Waals surface area contributed by atoms with E-state index in [4.69, 9.17) is 5.73 Å². The smallest absolute Gasteiger partial charge is 0.225 e. The Morgan fingerprint density at radius 3 is 3.18 bits per heavy atom. The minimum atomic E-state index is -0.414. The third-order valence-corrected chi connectivity index (χ3v) is 4.79. The molecule has 4 N–H and O–H groups in total. The van der Waals surface area contributed by atoms with Crippen LogP contribution in [0, 0.1) is 5.92 Å². The van der Waals surface area contributed by atoms with Crippen molar-refractivity contribution >= 4 is 33.0 Å². The maximum absolute atomic E-state index is 12.4. The molecule has 1 saturated carbocycles. The van der Waals surface area contributed by atoms with Crippen LogP contribution in [-0.4, -0.2) is 26.4 Å². The monoisotopic (exact) mass is 365 g/mol. The highest BCUT2D eigenvalue weighted by Gasteiger charge is 2.37. The quantitative estimate of drug-likeness (QED) is 0.776. The molecule has 0 saturated heterocycles. The summed E-state index contributed by atoms with van der Waals surface area (Å²) in [6.07, 6.45) is 5.61. The van der Waals surface area contributed by atoms with Crippen molar-refractivity contribution in [1.82, 2.24) is 20.3 Å². The van der Waals surface area contributed by atoms with Crippen molar-refractivity contribution in [3.05, 3.63) is 22.6 Å². The number of amides is 1. The molecule has 2 heterocycles. The Morgan fingerprint density at radius 2 is 2.41 bits per heavy atom. The van der Waals surface area contributed by atoms with Crippen LogP contribution in [0.4, 0.5) is 0 Å². The lowest BCUT2D eigenvalue weighted by Crippen LogP contribution is -2.52. The lowest BCUT2D eigenvalue weighted by molar-refractivity contribution is -0.128. The molecule has 0 aromatic carbocycles. The van der Waals surface area contributed by atoms with Gasteiger partial charge in [-0.05, 0) is 41.8 Å². The number of aromatic amines is 1. The fraction of sp³-hybridized carbons (Fsp3) is 0.533. The lowest BCUT2D eigenvalue weighted by atomic mass is 9.74. The molecule has 3 rings (SSSR count). The molecular weight excluding hydrogens is 346 g/mol.